The Morgan fingerprint density at radius 2 is 1.55 bits per heavy atom. The van der Waals surface area contributed by atoms with Gasteiger partial charge in [-0.2, -0.15) is 18.9 Å². The summed E-state index contributed by atoms with van der Waals surface area (Å²) < 4.78 is 79.4. The molecule has 5 atom stereocenters. The highest BCUT2D eigenvalue weighted by Crippen LogP contribution is 2.49. The number of carbonyl (C=O) groups is 3. The van der Waals surface area contributed by atoms with Crippen molar-refractivity contribution >= 4 is 31.7 Å². The number of halogens is 2. The first kappa shape index (κ1) is 39.0. The number of carbonyl (C=O) groups excluding carboxylic acids is 3. The molecule has 0 spiro atoms. The van der Waals surface area contributed by atoms with E-state index in [-0.39, 0.29) is 31.2 Å². The smallest absolute Gasteiger partial charge is 0.444 e. The van der Waals surface area contributed by atoms with Crippen molar-refractivity contribution in [2.45, 2.75) is 50.0 Å². The second-order valence-corrected chi connectivity index (χ2v) is 14.1. The molecule has 2 fully saturated rings. The van der Waals surface area contributed by atoms with Crippen molar-refractivity contribution in [3.8, 4) is 5.75 Å². The molecule has 0 saturated carbocycles. The number of amides is 2. The molecule has 0 bridgehead atoms. The average Bonchev–Trinajstić information content (AvgIpc) is 3.62. The fraction of sp³-hybridized carbons (Fsp3) is 0.306. The van der Waals surface area contributed by atoms with Gasteiger partial charge in [0.05, 0.1) is 12.6 Å². The van der Waals surface area contributed by atoms with Gasteiger partial charge >= 0.3 is 31.6 Å². The van der Waals surface area contributed by atoms with Crippen molar-refractivity contribution in [3.05, 3.63) is 125 Å². The number of hydrogen-bond donors (Lipinski definition) is 2. The van der Waals surface area contributed by atoms with E-state index in [4.69, 9.17) is 28.0 Å². The molecule has 0 radical (unpaired) electrons. The van der Waals surface area contributed by atoms with E-state index in [1.165, 1.54) is 17.0 Å². The molecule has 2 aliphatic rings. The number of likely N-dealkylation sites (N-methyl/N-ethyl adjacent to an activating group) is 1. The minimum Gasteiger partial charge on any atom is -0.444 e. The molecule has 16 nitrogen and oxygen atoms in total. The Morgan fingerprint density at radius 3 is 2.15 bits per heavy atom. The number of nitrogens with one attached hydrogen (secondary N) is 2. The topological polar surface area (TPSA) is 186 Å². The minimum atomic E-state index is -4.54. The van der Waals surface area contributed by atoms with Crippen LogP contribution in [0.3, 0.4) is 0 Å². The van der Waals surface area contributed by atoms with Crippen LogP contribution in [-0.4, -0.2) is 77.0 Å². The highest BCUT2D eigenvalue weighted by molar-refractivity contribution is 7.52. The third kappa shape index (κ3) is 9.90. The zero-order chi connectivity index (χ0) is 39.0. The normalized spacial score (nSPS) is 21.4. The monoisotopic (exact) mass is 783 g/mol. The summed E-state index contributed by atoms with van der Waals surface area (Å²) in [5.74, 6) is -4.80. The van der Waals surface area contributed by atoms with Crippen LogP contribution in [0.4, 0.5) is 24.2 Å². The van der Waals surface area contributed by atoms with Gasteiger partial charge in [-0.1, -0.05) is 78.9 Å². The lowest BCUT2D eigenvalue weighted by Gasteiger charge is -2.26. The molecule has 3 heterocycles. The summed E-state index contributed by atoms with van der Waals surface area (Å²) in [6.07, 6.45) is -8.13. The molecule has 290 valence electrons. The molecule has 2 N–H and O–H groups in total. The van der Waals surface area contributed by atoms with Gasteiger partial charge in [0, 0.05) is 19.8 Å². The minimum absolute atomic E-state index is 0.0697. The number of hydrogen-bond acceptors (Lipinski definition) is 12. The maximum Gasteiger partial charge on any atom is 0.509 e. The number of alkyl halides is 2. The number of benzene rings is 3. The van der Waals surface area contributed by atoms with Crippen LogP contribution in [-0.2, 0) is 46.0 Å². The van der Waals surface area contributed by atoms with E-state index in [9.17, 15) is 23.7 Å². The van der Waals surface area contributed by atoms with Crippen molar-refractivity contribution in [2.75, 3.05) is 25.5 Å². The summed E-state index contributed by atoms with van der Waals surface area (Å²) in [4.78, 5) is 56.0. The fourth-order valence-electron chi connectivity index (χ4n) is 5.64. The predicted molar refractivity (Wildman–Crippen MR) is 189 cm³/mol. The number of rotatable bonds is 14. The third-order valence-electron chi connectivity index (χ3n) is 8.42. The highest BCUT2D eigenvalue weighted by Gasteiger charge is 2.63. The van der Waals surface area contributed by atoms with Gasteiger partial charge in [-0.3, -0.25) is 19.2 Å². The van der Waals surface area contributed by atoms with E-state index in [1.807, 2.05) is 0 Å². The van der Waals surface area contributed by atoms with Gasteiger partial charge in [0.25, 0.3) is 0 Å². The van der Waals surface area contributed by atoms with Gasteiger partial charge in [0.1, 0.15) is 30.9 Å². The van der Waals surface area contributed by atoms with Crippen LogP contribution in [0.25, 0.3) is 0 Å². The van der Waals surface area contributed by atoms with E-state index in [0.717, 1.165) is 12.3 Å². The first-order chi connectivity index (χ1) is 26.4. The number of aromatic nitrogens is 2. The molecule has 0 aliphatic carbocycles. The molecule has 2 amide bonds. The van der Waals surface area contributed by atoms with Gasteiger partial charge in [-0.15, -0.1) is 0 Å². The van der Waals surface area contributed by atoms with Gasteiger partial charge in [0.15, 0.2) is 0 Å². The van der Waals surface area contributed by atoms with E-state index >= 15 is 8.78 Å². The van der Waals surface area contributed by atoms with E-state index in [2.05, 4.69) is 15.4 Å². The molecular formula is C36H36F2N5O11P. The molecule has 2 unspecified atom stereocenters. The maximum absolute atomic E-state index is 16.3. The Labute approximate surface area is 312 Å². The average molecular weight is 784 g/mol. The molecule has 2 aliphatic heterocycles. The van der Waals surface area contributed by atoms with Gasteiger partial charge in [-0.25, -0.2) is 18.9 Å². The predicted octanol–water partition coefficient (Wildman–Crippen LogP) is 5.27. The molecular weight excluding hydrogens is 747 g/mol. The molecule has 4 aromatic rings. The van der Waals surface area contributed by atoms with Crippen LogP contribution in [0.15, 0.2) is 108 Å². The summed E-state index contributed by atoms with van der Waals surface area (Å²) in [6.45, 7) is -1.01. The van der Waals surface area contributed by atoms with Gasteiger partial charge in [0.2, 0.25) is 18.2 Å². The van der Waals surface area contributed by atoms with Crippen molar-refractivity contribution in [2.24, 2.45) is 0 Å². The quantitative estimate of drug-likeness (QED) is 0.125. The third-order valence-corrected chi connectivity index (χ3v) is 9.99. The second-order valence-electron chi connectivity index (χ2n) is 12.4. The first-order valence-electron chi connectivity index (χ1n) is 16.9. The Hall–Kier alpha value is -5.68. The number of likely N-dealkylation sites (tertiary alicyclic amines) is 1. The van der Waals surface area contributed by atoms with Crippen LogP contribution in [0.1, 0.15) is 23.8 Å². The lowest BCUT2D eigenvalue weighted by Crippen LogP contribution is -2.45. The lowest BCUT2D eigenvalue weighted by molar-refractivity contribution is -0.146. The van der Waals surface area contributed by atoms with Gasteiger partial charge < -0.3 is 28.4 Å². The fourth-order valence-corrected chi connectivity index (χ4v) is 7.19. The Bertz CT molecular complexity index is 2060. The summed E-state index contributed by atoms with van der Waals surface area (Å²) >= 11 is 0. The van der Waals surface area contributed by atoms with E-state index in [0.29, 0.717) is 22.2 Å². The van der Waals surface area contributed by atoms with E-state index in [1.54, 1.807) is 85.9 Å². The highest BCUT2D eigenvalue weighted by atomic mass is 31.2. The van der Waals surface area contributed by atoms with E-state index < -0.39 is 68.6 Å². The largest absolute Gasteiger partial charge is 0.509 e. The van der Waals surface area contributed by atoms with Crippen LogP contribution in [0.2, 0.25) is 0 Å². The zero-order valence-electron chi connectivity index (χ0n) is 29.2. The number of anilines is 1. The summed E-state index contributed by atoms with van der Waals surface area (Å²) in [7, 11) is -2.98. The van der Waals surface area contributed by atoms with Crippen molar-refractivity contribution in [1.82, 2.24) is 19.5 Å². The molecule has 1 aromatic heterocycles. The van der Waals surface area contributed by atoms with Crippen LogP contribution >= 0.6 is 7.75 Å². The lowest BCUT2D eigenvalue weighted by atomic mass is 10.1. The Balaban J connectivity index is 1.21. The Morgan fingerprint density at radius 1 is 0.927 bits per heavy atom. The van der Waals surface area contributed by atoms with Crippen LogP contribution in [0.5, 0.6) is 5.75 Å². The standard InChI is InChI=1S/C36H36F2N5O11P/c1-42-19-17-27(31(42)44)41-55(48,54-26-15-9-4-10-16-26)51-23-28-30(53-35(47)50-22-25-13-7-3-8-14-25)36(37,38)32(52-28)43-20-18-29(39-33(43)45)40-34(46)49-21-24-11-5-2-6-12-24/h2-16,18,20,27-28,30,32H,17,19,21-23H2,1H3,(H,41,48)(H,39,40,45,46)/t27?,28-,30-,32-,55?/m1/s1. The molecule has 55 heavy (non-hydrogen) atoms. The summed E-state index contributed by atoms with van der Waals surface area (Å²) in [5, 5.41) is 4.84. The SMILES string of the molecule is CN1CCC(NP(=O)(OC[C@H]2O[C@@H](n3ccc(NC(=O)OCc4ccccc4)nc3=O)C(F)(F)[C@@H]2OC(=O)OCc2ccccc2)Oc2ccccc2)C1=O. The van der Waals surface area contributed by atoms with Crippen LogP contribution < -0.4 is 20.6 Å². The molecule has 2 saturated heterocycles. The molecule has 6 rings (SSSR count). The van der Waals surface area contributed by atoms with Crippen molar-refractivity contribution < 1.29 is 55.7 Å². The Kier molecular flexibility index (Phi) is 12.2. The number of nitrogens with zero attached hydrogens (tertiary/aromatic N) is 3. The molecule has 19 heteroatoms. The summed E-state index contributed by atoms with van der Waals surface area (Å²) in [6, 6.07) is 25.0. The number of ether oxygens (including phenoxy) is 4. The van der Waals surface area contributed by atoms with Crippen LogP contribution in [0, 0.1) is 0 Å². The second kappa shape index (κ2) is 17.2. The van der Waals surface area contributed by atoms with Gasteiger partial charge in [-0.05, 0) is 35.7 Å². The summed E-state index contributed by atoms with van der Waals surface area (Å²) in [5.41, 5.74) is -0.0421. The van der Waals surface area contributed by atoms with Crippen molar-refractivity contribution in [3.63, 3.8) is 0 Å². The first-order valence-corrected chi connectivity index (χ1v) is 18.4. The van der Waals surface area contributed by atoms with Crippen molar-refractivity contribution in [1.29, 1.82) is 0 Å². The maximum atomic E-state index is 16.3. The molecule has 3 aromatic carbocycles. The zero-order valence-corrected chi connectivity index (χ0v) is 30.1. The number of para-hydroxylation sites is 1.